The van der Waals surface area contributed by atoms with Gasteiger partial charge in [0.2, 0.25) is 0 Å². The first-order valence-electron chi connectivity index (χ1n) is 7.82. The van der Waals surface area contributed by atoms with Gasteiger partial charge in [-0.2, -0.15) is 0 Å². The first kappa shape index (κ1) is 16.8. The van der Waals surface area contributed by atoms with E-state index in [-0.39, 0.29) is 18.5 Å². The molecular formula is C15H28N2O3. The fourth-order valence-electron chi connectivity index (χ4n) is 2.79. The van der Waals surface area contributed by atoms with E-state index in [2.05, 4.69) is 24.5 Å². The Bertz CT molecular complexity index is 327. The molecule has 1 fully saturated rings. The number of carbonyl (C=O) groups excluding carboxylic acids is 1. The molecule has 20 heavy (non-hydrogen) atoms. The lowest BCUT2D eigenvalue weighted by Crippen LogP contribution is -2.58. The molecule has 0 aromatic carbocycles. The summed E-state index contributed by atoms with van der Waals surface area (Å²) in [6.45, 7) is 4.25. The van der Waals surface area contributed by atoms with Crippen molar-refractivity contribution in [2.75, 3.05) is 0 Å². The Morgan fingerprint density at radius 1 is 1.20 bits per heavy atom. The number of carboxylic acid groups (broad SMARTS) is 1. The lowest BCUT2D eigenvalue weighted by molar-refractivity contribution is -0.139. The second-order valence-electron chi connectivity index (χ2n) is 5.93. The summed E-state index contributed by atoms with van der Waals surface area (Å²) < 4.78 is 0. The lowest BCUT2D eigenvalue weighted by atomic mass is 9.74. The molecule has 1 atom stereocenters. The van der Waals surface area contributed by atoms with Crippen LogP contribution in [0.1, 0.15) is 71.6 Å². The molecule has 0 spiro atoms. The van der Waals surface area contributed by atoms with Gasteiger partial charge in [-0.1, -0.05) is 33.1 Å². The van der Waals surface area contributed by atoms with Crippen LogP contribution in [-0.4, -0.2) is 28.7 Å². The summed E-state index contributed by atoms with van der Waals surface area (Å²) in [5, 5.41) is 14.8. The van der Waals surface area contributed by atoms with Gasteiger partial charge < -0.3 is 15.7 Å². The molecular weight excluding hydrogens is 256 g/mol. The van der Waals surface area contributed by atoms with Crippen molar-refractivity contribution in [2.45, 2.75) is 83.2 Å². The van der Waals surface area contributed by atoms with Gasteiger partial charge in [-0.05, 0) is 32.1 Å². The van der Waals surface area contributed by atoms with E-state index in [4.69, 9.17) is 5.11 Å². The van der Waals surface area contributed by atoms with Crippen LogP contribution in [-0.2, 0) is 4.79 Å². The third kappa shape index (κ3) is 5.39. The molecule has 0 radical (unpaired) electrons. The standard InChI is InChI=1S/C15H28N2O3/c1-3-5-8-12(7-4-2)16-14(20)17-15(9-6-10-15)11-13(18)19/h12H,3-11H2,1-2H3,(H,18,19)(H2,16,17,20). The van der Waals surface area contributed by atoms with E-state index in [9.17, 15) is 9.59 Å². The monoisotopic (exact) mass is 284 g/mol. The van der Waals surface area contributed by atoms with Crippen LogP contribution in [0.4, 0.5) is 4.79 Å². The number of carboxylic acids is 1. The summed E-state index contributed by atoms with van der Waals surface area (Å²) in [6, 6.07) is -0.0117. The Balaban J connectivity index is 2.45. The Hall–Kier alpha value is -1.26. The van der Waals surface area contributed by atoms with Crippen molar-refractivity contribution >= 4 is 12.0 Å². The van der Waals surface area contributed by atoms with Crippen LogP contribution in [0.2, 0.25) is 0 Å². The maximum atomic E-state index is 12.1. The molecule has 0 saturated heterocycles. The van der Waals surface area contributed by atoms with Gasteiger partial charge in [0.1, 0.15) is 0 Å². The highest BCUT2D eigenvalue weighted by atomic mass is 16.4. The molecule has 1 saturated carbocycles. The molecule has 3 N–H and O–H groups in total. The fourth-order valence-corrected chi connectivity index (χ4v) is 2.79. The smallest absolute Gasteiger partial charge is 0.315 e. The maximum absolute atomic E-state index is 12.1. The third-order valence-electron chi connectivity index (χ3n) is 4.06. The number of carbonyl (C=O) groups is 2. The number of unbranched alkanes of at least 4 members (excludes halogenated alkanes) is 1. The van der Waals surface area contributed by atoms with E-state index in [1.807, 2.05) is 0 Å². The van der Waals surface area contributed by atoms with Gasteiger partial charge in [0, 0.05) is 6.04 Å². The van der Waals surface area contributed by atoms with Gasteiger partial charge in [-0.25, -0.2) is 4.79 Å². The average molecular weight is 284 g/mol. The van der Waals surface area contributed by atoms with E-state index >= 15 is 0 Å². The highest BCUT2D eigenvalue weighted by Crippen LogP contribution is 2.34. The summed E-state index contributed by atoms with van der Waals surface area (Å²) in [4.78, 5) is 22.9. The lowest BCUT2D eigenvalue weighted by Gasteiger charge is -2.41. The van der Waals surface area contributed by atoms with E-state index in [1.54, 1.807) is 0 Å². The predicted octanol–water partition coefficient (Wildman–Crippen LogP) is 3.04. The topological polar surface area (TPSA) is 78.4 Å². The quantitative estimate of drug-likeness (QED) is 0.609. The normalized spacial score (nSPS) is 17.9. The number of aliphatic carboxylic acids is 1. The van der Waals surface area contributed by atoms with Crippen LogP contribution < -0.4 is 10.6 Å². The number of rotatable bonds is 9. The summed E-state index contributed by atoms with van der Waals surface area (Å²) in [5.41, 5.74) is -0.516. The van der Waals surface area contributed by atoms with Crippen molar-refractivity contribution in [1.29, 1.82) is 0 Å². The second kappa shape index (κ2) is 8.12. The second-order valence-corrected chi connectivity index (χ2v) is 5.93. The van der Waals surface area contributed by atoms with Crippen LogP contribution in [0.5, 0.6) is 0 Å². The zero-order valence-electron chi connectivity index (χ0n) is 12.7. The van der Waals surface area contributed by atoms with Crippen LogP contribution in [0.25, 0.3) is 0 Å². The molecule has 116 valence electrons. The molecule has 0 bridgehead atoms. The molecule has 0 aliphatic heterocycles. The van der Waals surface area contributed by atoms with Crippen LogP contribution in [0, 0.1) is 0 Å². The van der Waals surface area contributed by atoms with Crippen LogP contribution in [0.3, 0.4) is 0 Å². The molecule has 1 aliphatic rings. The minimum Gasteiger partial charge on any atom is -0.481 e. The highest BCUT2D eigenvalue weighted by Gasteiger charge is 2.40. The highest BCUT2D eigenvalue weighted by molar-refractivity contribution is 5.77. The van der Waals surface area contributed by atoms with Crippen molar-refractivity contribution < 1.29 is 14.7 Å². The molecule has 0 aromatic heterocycles. The van der Waals surface area contributed by atoms with Gasteiger partial charge in [-0.3, -0.25) is 4.79 Å². The van der Waals surface area contributed by atoms with E-state index in [1.165, 1.54) is 0 Å². The Kier molecular flexibility index (Phi) is 6.82. The summed E-state index contributed by atoms with van der Waals surface area (Å²) in [5.74, 6) is -0.846. The Morgan fingerprint density at radius 3 is 2.35 bits per heavy atom. The average Bonchev–Trinajstić information content (AvgIpc) is 2.32. The van der Waals surface area contributed by atoms with Crippen molar-refractivity contribution in [1.82, 2.24) is 10.6 Å². The molecule has 5 nitrogen and oxygen atoms in total. The molecule has 0 aromatic rings. The SMILES string of the molecule is CCCCC(CCC)NC(=O)NC1(CC(=O)O)CCC1. The Morgan fingerprint density at radius 2 is 1.90 bits per heavy atom. The first-order valence-corrected chi connectivity index (χ1v) is 7.82. The molecule has 0 heterocycles. The van der Waals surface area contributed by atoms with Crippen molar-refractivity contribution in [3.05, 3.63) is 0 Å². The van der Waals surface area contributed by atoms with Crippen molar-refractivity contribution in [2.24, 2.45) is 0 Å². The van der Waals surface area contributed by atoms with Crippen LogP contribution in [0.15, 0.2) is 0 Å². The van der Waals surface area contributed by atoms with Gasteiger partial charge in [0.05, 0.1) is 12.0 Å². The first-order chi connectivity index (χ1) is 9.51. The summed E-state index contributed by atoms with van der Waals surface area (Å²) in [6.07, 6.45) is 7.76. The van der Waals surface area contributed by atoms with Crippen molar-refractivity contribution in [3.63, 3.8) is 0 Å². The molecule has 5 heteroatoms. The van der Waals surface area contributed by atoms with Gasteiger partial charge in [0.25, 0.3) is 0 Å². The molecule has 1 rings (SSSR count). The summed E-state index contributed by atoms with van der Waals surface area (Å²) >= 11 is 0. The number of hydrogen-bond acceptors (Lipinski definition) is 2. The fraction of sp³-hybridized carbons (Fsp3) is 0.867. The van der Waals surface area contributed by atoms with Crippen molar-refractivity contribution in [3.8, 4) is 0 Å². The largest absolute Gasteiger partial charge is 0.481 e. The number of nitrogens with one attached hydrogen (secondary N) is 2. The minimum absolute atomic E-state index is 0.0217. The van der Waals surface area contributed by atoms with Crippen LogP contribution >= 0.6 is 0 Å². The Labute approximate surface area is 121 Å². The molecule has 1 unspecified atom stereocenters. The van der Waals surface area contributed by atoms with Gasteiger partial charge in [-0.15, -0.1) is 0 Å². The minimum atomic E-state index is -0.846. The van der Waals surface area contributed by atoms with Gasteiger partial charge in [0.15, 0.2) is 0 Å². The van der Waals surface area contributed by atoms with E-state index < -0.39 is 11.5 Å². The third-order valence-corrected chi connectivity index (χ3v) is 4.06. The van der Waals surface area contributed by atoms with Gasteiger partial charge >= 0.3 is 12.0 Å². The zero-order valence-corrected chi connectivity index (χ0v) is 12.7. The number of urea groups is 1. The summed E-state index contributed by atoms with van der Waals surface area (Å²) in [7, 11) is 0. The zero-order chi connectivity index (χ0) is 15.0. The number of amides is 2. The van der Waals surface area contributed by atoms with E-state index in [0.717, 1.165) is 51.4 Å². The predicted molar refractivity (Wildman–Crippen MR) is 78.7 cm³/mol. The van der Waals surface area contributed by atoms with E-state index in [0.29, 0.717) is 0 Å². The number of hydrogen-bond donors (Lipinski definition) is 3. The maximum Gasteiger partial charge on any atom is 0.315 e. The molecule has 2 amide bonds. The molecule has 1 aliphatic carbocycles.